The van der Waals surface area contributed by atoms with Gasteiger partial charge in [-0.3, -0.25) is 0 Å². The molecule has 1 aromatic rings. The molecular weight excluding hydrogens is 200 g/mol. The van der Waals surface area contributed by atoms with Gasteiger partial charge in [-0.2, -0.15) is 0 Å². The molecule has 0 bridgehead atoms. The molecular formula is C9H12N2O2S. The van der Waals surface area contributed by atoms with Crippen molar-refractivity contribution in [2.24, 2.45) is 5.73 Å². The molecule has 0 aliphatic carbocycles. The lowest BCUT2D eigenvalue weighted by atomic mass is 10.1. The second-order valence-corrected chi connectivity index (χ2v) is 4.08. The second-order valence-electron chi connectivity index (χ2n) is 3.09. The lowest BCUT2D eigenvalue weighted by Crippen LogP contribution is -2.12. The van der Waals surface area contributed by atoms with Crippen LogP contribution in [0.25, 0.3) is 0 Å². The van der Waals surface area contributed by atoms with Crippen molar-refractivity contribution in [2.75, 3.05) is 17.7 Å². The Balaban J connectivity index is 2.48. The Labute approximate surface area is 86.1 Å². The molecule has 0 aromatic heterocycles. The number of aliphatic hydroxyl groups excluding tert-OH is 1. The number of aliphatic hydroxyl groups is 1. The van der Waals surface area contributed by atoms with Gasteiger partial charge in [0.25, 0.3) is 0 Å². The van der Waals surface area contributed by atoms with Crippen molar-refractivity contribution >= 4 is 17.4 Å². The summed E-state index contributed by atoms with van der Waals surface area (Å²) in [6.45, 7) is 0.192. The number of hydrogen-bond donors (Lipinski definition) is 4. The van der Waals surface area contributed by atoms with E-state index in [1.165, 1.54) is 0 Å². The molecule has 0 spiro atoms. The molecule has 2 rings (SSSR count). The minimum absolute atomic E-state index is 0.192. The summed E-state index contributed by atoms with van der Waals surface area (Å²) >= 11 is 1.57. The fourth-order valence-corrected chi connectivity index (χ4v) is 2.54. The third kappa shape index (κ3) is 1.43. The van der Waals surface area contributed by atoms with Crippen LogP contribution in [0.5, 0.6) is 5.75 Å². The van der Waals surface area contributed by atoms with Gasteiger partial charge in [-0.25, -0.2) is 0 Å². The zero-order valence-corrected chi connectivity index (χ0v) is 8.34. The van der Waals surface area contributed by atoms with E-state index in [0.29, 0.717) is 5.69 Å². The maximum Gasteiger partial charge on any atom is 0.139 e. The number of aromatic hydroxyl groups is 1. The van der Waals surface area contributed by atoms with Crippen LogP contribution in [0.2, 0.25) is 0 Å². The van der Waals surface area contributed by atoms with Gasteiger partial charge in [-0.05, 0) is 11.6 Å². The third-order valence-electron chi connectivity index (χ3n) is 2.21. The smallest absolute Gasteiger partial charge is 0.139 e. The number of nitrogens with two attached hydrogens (primary N) is 1. The summed E-state index contributed by atoms with van der Waals surface area (Å²) in [5, 5.41) is 22.2. The number of nitrogens with one attached hydrogen (secondary N) is 1. The van der Waals surface area contributed by atoms with Crippen LogP contribution in [-0.2, 0) is 0 Å². The Morgan fingerprint density at radius 3 is 3.07 bits per heavy atom. The highest BCUT2D eigenvalue weighted by Gasteiger charge is 2.21. The van der Waals surface area contributed by atoms with Crippen LogP contribution in [0.15, 0.2) is 17.0 Å². The molecule has 14 heavy (non-hydrogen) atoms. The number of anilines is 1. The zero-order chi connectivity index (χ0) is 10.1. The number of fused-ring (bicyclic) bond motifs is 1. The maximum atomic E-state index is 9.64. The molecule has 5 heteroatoms. The monoisotopic (exact) mass is 212 g/mol. The van der Waals surface area contributed by atoms with E-state index in [4.69, 9.17) is 5.73 Å². The lowest BCUT2D eigenvalue weighted by Gasteiger charge is -2.12. The fourth-order valence-electron chi connectivity index (χ4n) is 1.48. The minimum atomic E-state index is -0.656. The van der Waals surface area contributed by atoms with E-state index in [-0.39, 0.29) is 12.3 Å². The van der Waals surface area contributed by atoms with Crippen molar-refractivity contribution in [1.29, 1.82) is 0 Å². The van der Waals surface area contributed by atoms with Gasteiger partial charge in [0.2, 0.25) is 0 Å². The first-order valence-corrected chi connectivity index (χ1v) is 5.33. The quantitative estimate of drug-likeness (QED) is 0.547. The van der Waals surface area contributed by atoms with Crippen LogP contribution < -0.4 is 11.1 Å². The van der Waals surface area contributed by atoms with Crippen molar-refractivity contribution in [3.63, 3.8) is 0 Å². The van der Waals surface area contributed by atoms with E-state index < -0.39 is 6.10 Å². The second kappa shape index (κ2) is 3.68. The topological polar surface area (TPSA) is 78.5 Å². The number of phenols is 1. The molecule has 0 radical (unpaired) electrons. The van der Waals surface area contributed by atoms with Gasteiger partial charge in [0, 0.05) is 11.4 Å². The molecule has 1 aromatic carbocycles. The summed E-state index contributed by atoms with van der Waals surface area (Å²) in [7, 11) is 0. The molecule has 1 aliphatic heterocycles. The Morgan fingerprint density at radius 1 is 1.57 bits per heavy atom. The zero-order valence-electron chi connectivity index (χ0n) is 7.53. The van der Waals surface area contributed by atoms with E-state index >= 15 is 0 Å². The molecule has 0 amide bonds. The van der Waals surface area contributed by atoms with Gasteiger partial charge < -0.3 is 21.3 Å². The molecule has 76 valence electrons. The van der Waals surface area contributed by atoms with Crippen molar-refractivity contribution in [3.05, 3.63) is 17.7 Å². The molecule has 1 aliphatic rings. The van der Waals surface area contributed by atoms with E-state index in [1.807, 2.05) is 0 Å². The lowest BCUT2D eigenvalue weighted by molar-refractivity contribution is 0.184. The van der Waals surface area contributed by atoms with Gasteiger partial charge >= 0.3 is 0 Å². The summed E-state index contributed by atoms with van der Waals surface area (Å²) in [5.74, 6) is 0.940. The summed E-state index contributed by atoms with van der Waals surface area (Å²) < 4.78 is 0. The minimum Gasteiger partial charge on any atom is -0.506 e. The van der Waals surface area contributed by atoms with Crippen molar-refractivity contribution in [1.82, 2.24) is 0 Å². The van der Waals surface area contributed by atoms with Gasteiger partial charge in [0.05, 0.1) is 17.7 Å². The largest absolute Gasteiger partial charge is 0.506 e. The molecule has 1 heterocycles. The molecule has 1 atom stereocenters. The van der Waals surface area contributed by atoms with Crippen LogP contribution in [0.4, 0.5) is 5.69 Å². The number of thioether (sulfide) groups is 1. The Hall–Kier alpha value is -0.910. The summed E-state index contributed by atoms with van der Waals surface area (Å²) in [5.41, 5.74) is 6.89. The predicted octanol–water partition coefficient (Wildman–Crippen LogP) is 0.859. The number of phenolic OH excluding ortho intramolecular Hbond substituents is 1. The molecule has 0 saturated heterocycles. The van der Waals surface area contributed by atoms with Gasteiger partial charge in [0.1, 0.15) is 5.75 Å². The standard InChI is InChI=1S/C9H12N2O2S/c10-3-7(13)5-1-2-6(12)8-9(5)14-4-11-8/h1-2,7,11-13H,3-4,10H2/t7-/m0/s1. The van der Waals surface area contributed by atoms with Crippen LogP contribution in [-0.4, -0.2) is 22.6 Å². The maximum absolute atomic E-state index is 9.64. The highest BCUT2D eigenvalue weighted by molar-refractivity contribution is 8.00. The predicted molar refractivity (Wildman–Crippen MR) is 56.5 cm³/mol. The van der Waals surface area contributed by atoms with Crippen molar-refractivity contribution in [2.45, 2.75) is 11.0 Å². The Bertz CT molecular complexity index is 357. The number of rotatable bonds is 2. The molecule has 0 unspecified atom stereocenters. The fraction of sp³-hybridized carbons (Fsp3) is 0.333. The van der Waals surface area contributed by atoms with Crippen LogP contribution in [0.1, 0.15) is 11.7 Å². The molecule has 5 N–H and O–H groups in total. The SMILES string of the molecule is NC[C@H](O)c1ccc(O)c2c1SCN2. The van der Waals surface area contributed by atoms with Crippen molar-refractivity contribution in [3.8, 4) is 5.75 Å². The Morgan fingerprint density at radius 2 is 2.36 bits per heavy atom. The van der Waals surface area contributed by atoms with Gasteiger partial charge in [0.15, 0.2) is 0 Å². The van der Waals surface area contributed by atoms with Gasteiger partial charge in [-0.15, -0.1) is 11.8 Å². The van der Waals surface area contributed by atoms with E-state index in [0.717, 1.165) is 16.3 Å². The molecule has 0 saturated carbocycles. The first-order chi connectivity index (χ1) is 6.74. The molecule has 4 nitrogen and oxygen atoms in total. The van der Waals surface area contributed by atoms with Crippen molar-refractivity contribution < 1.29 is 10.2 Å². The molecule has 0 fully saturated rings. The van der Waals surface area contributed by atoms with Crippen LogP contribution in [0, 0.1) is 0 Å². The van der Waals surface area contributed by atoms with Crippen LogP contribution in [0.3, 0.4) is 0 Å². The number of hydrogen-bond acceptors (Lipinski definition) is 5. The van der Waals surface area contributed by atoms with E-state index in [1.54, 1.807) is 23.9 Å². The summed E-state index contributed by atoms with van der Waals surface area (Å²) in [6, 6.07) is 3.29. The van der Waals surface area contributed by atoms with Crippen LogP contribution >= 0.6 is 11.8 Å². The van der Waals surface area contributed by atoms with E-state index in [9.17, 15) is 10.2 Å². The first kappa shape index (κ1) is 9.64. The third-order valence-corrected chi connectivity index (χ3v) is 3.23. The summed E-state index contributed by atoms with van der Waals surface area (Å²) in [6.07, 6.45) is -0.656. The normalized spacial score (nSPS) is 16.1. The highest BCUT2D eigenvalue weighted by Crippen LogP contribution is 2.43. The number of benzene rings is 1. The van der Waals surface area contributed by atoms with Gasteiger partial charge in [-0.1, -0.05) is 6.07 Å². The summed E-state index contributed by atoms with van der Waals surface area (Å²) in [4.78, 5) is 0.906. The highest BCUT2D eigenvalue weighted by atomic mass is 32.2. The van der Waals surface area contributed by atoms with E-state index in [2.05, 4.69) is 5.32 Å². The average molecular weight is 212 g/mol. The Kier molecular flexibility index (Phi) is 2.54. The average Bonchev–Trinajstić information content (AvgIpc) is 2.67. The first-order valence-electron chi connectivity index (χ1n) is 4.34.